The molecule has 0 fully saturated rings. The Hall–Kier alpha value is -0.780. The molecule has 1 atom stereocenters. The zero-order valence-corrected chi connectivity index (χ0v) is 10.1. The van der Waals surface area contributed by atoms with Crippen LogP contribution in [0, 0.1) is 0 Å². The zero-order valence-electron chi connectivity index (χ0n) is 8.53. The standard InChI is InChI=1S/C10H15BrN2O2/c1-15-10-3-2-7(11)4-9(10)13-5-8(12)6-14/h2-4,8,13-14H,5-6,12H2,1H3. The van der Waals surface area contributed by atoms with Crippen molar-refractivity contribution in [2.24, 2.45) is 5.73 Å². The highest BCUT2D eigenvalue weighted by atomic mass is 79.9. The summed E-state index contributed by atoms with van der Waals surface area (Å²) in [6, 6.07) is 5.39. The maximum absolute atomic E-state index is 8.79. The number of nitrogens with one attached hydrogen (secondary N) is 1. The summed E-state index contributed by atoms with van der Waals surface area (Å²) in [5.74, 6) is 0.753. The number of methoxy groups -OCH3 is 1. The minimum Gasteiger partial charge on any atom is -0.495 e. The second kappa shape index (κ2) is 5.95. The molecular weight excluding hydrogens is 260 g/mol. The lowest BCUT2D eigenvalue weighted by molar-refractivity contribution is 0.270. The third-order valence-electron chi connectivity index (χ3n) is 1.95. The molecule has 0 heterocycles. The Bertz CT molecular complexity index is 320. The first-order valence-corrected chi connectivity index (χ1v) is 5.40. The van der Waals surface area contributed by atoms with Gasteiger partial charge in [0.25, 0.3) is 0 Å². The zero-order chi connectivity index (χ0) is 11.3. The molecule has 0 amide bonds. The molecule has 5 heteroatoms. The Morgan fingerprint density at radius 3 is 2.93 bits per heavy atom. The van der Waals surface area contributed by atoms with Gasteiger partial charge in [0, 0.05) is 17.1 Å². The smallest absolute Gasteiger partial charge is 0.142 e. The van der Waals surface area contributed by atoms with Gasteiger partial charge in [0.05, 0.1) is 19.4 Å². The first kappa shape index (κ1) is 12.3. The molecule has 1 unspecified atom stereocenters. The van der Waals surface area contributed by atoms with Crippen LogP contribution in [0.15, 0.2) is 22.7 Å². The van der Waals surface area contributed by atoms with Gasteiger partial charge in [0.2, 0.25) is 0 Å². The molecular formula is C10H15BrN2O2. The van der Waals surface area contributed by atoms with Gasteiger partial charge in [0.1, 0.15) is 5.75 Å². The lowest BCUT2D eigenvalue weighted by atomic mass is 10.2. The SMILES string of the molecule is COc1ccc(Br)cc1NCC(N)CO. The van der Waals surface area contributed by atoms with Crippen molar-refractivity contribution in [3.63, 3.8) is 0 Å². The van der Waals surface area contributed by atoms with E-state index in [0.717, 1.165) is 15.9 Å². The van der Waals surface area contributed by atoms with E-state index in [1.807, 2.05) is 18.2 Å². The molecule has 0 saturated carbocycles. The van der Waals surface area contributed by atoms with Crippen molar-refractivity contribution in [2.75, 3.05) is 25.6 Å². The Morgan fingerprint density at radius 1 is 1.60 bits per heavy atom. The summed E-state index contributed by atoms with van der Waals surface area (Å²) in [6.07, 6.45) is 0. The Balaban J connectivity index is 2.69. The van der Waals surface area contributed by atoms with E-state index in [1.165, 1.54) is 0 Å². The summed E-state index contributed by atoms with van der Waals surface area (Å²) in [6.45, 7) is 0.465. The first-order valence-electron chi connectivity index (χ1n) is 4.61. The number of halogens is 1. The van der Waals surface area contributed by atoms with Gasteiger partial charge < -0.3 is 20.9 Å². The minimum atomic E-state index is -0.270. The van der Waals surface area contributed by atoms with Crippen LogP contribution in [0.25, 0.3) is 0 Å². The summed E-state index contributed by atoms with van der Waals surface area (Å²) < 4.78 is 6.14. The number of benzene rings is 1. The number of aliphatic hydroxyl groups is 1. The average molecular weight is 275 g/mol. The third-order valence-corrected chi connectivity index (χ3v) is 2.44. The molecule has 0 aromatic heterocycles. The van der Waals surface area contributed by atoms with Crippen LogP contribution in [0.5, 0.6) is 5.75 Å². The second-order valence-corrected chi connectivity index (χ2v) is 4.08. The van der Waals surface area contributed by atoms with Crippen LogP contribution in [0.4, 0.5) is 5.69 Å². The summed E-state index contributed by atoms with van der Waals surface area (Å²) in [5, 5.41) is 11.9. The molecule has 4 N–H and O–H groups in total. The van der Waals surface area contributed by atoms with Crippen LogP contribution >= 0.6 is 15.9 Å². The van der Waals surface area contributed by atoms with Crippen LogP contribution < -0.4 is 15.8 Å². The van der Waals surface area contributed by atoms with E-state index in [4.69, 9.17) is 15.6 Å². The van der Waals surface area contributed by atoms with Crippen molar-refractivity contribution in [3.8, 4) is 5.75 Å². The van der Waals surface area contributed by atoms with Crippen LogP contribution in [0.3, 0.4) is 0 Å². The average Bonchev–Trinajstić information content (AvgIpc) is 2.26. The molecule has 84 valence electrons. The first-order chi connectivity index (χ1) is 7.17. The minimum absolute atomic E-state index is 0.0384. The normalized spacial score (nSPS) is 12.3. The second-order valence-electron chi connectivity index (χ2n) is 3.17. The van der Waals surface area contributed by atoms with Gasteiger partial charge >= 0.3 is 0 Å². The van der Waals surface area contributed by atoms with Gasteiger partial charge in [-0.3, -0.25) is 0 Å². The highest BCUT2D eigenvalue weighted by molar-refractivity contribution is 9.10. The van der Waals surface area contributed by atoms with Gasteiger partial charge in [-0.2, -0.15) is 0 Å². The number of aliphatic hydroxyl groups excluding tert-OH is 1. The molecule has 0 saturated heterocycles. The molecule has 0 aliphatic rings. The van der Waals surface area contributed by atoms with E-state index < -0.39 is 0 Å². The van der Waals surface area contributed by atoms with E-state index in [1.54, 1.807) is 7.11 Å². The molecule has 0 bridgehead atoms. The topological polar surface area (TPSA) is 67.5 Å². The van der Waals surface area contributed by atoms with Crippen LogP contribution in [-0.4, -0.2) is 31.4 Å². The molecule has 0 aliphatic heterocycles. The maximum atomic E-state index is 8.79. The van der Waals surface area contributed by atoms with E-state index >= 15 is 0 Å². The van der Waals surface area contributed by atoms with Crippen molar-refractivity contribution >= 4 is 21.6 Å². The molecule has 0 radical (unpaired) electrons. The van der Waals surface area contributed by atoms with Crippen LogP contribution in [0.1, 0.15) is 0 Å². The van der Waals surface area contributed by atoms with Gasteiger partial charge in [-0.15, -0.1) is 0 Å². The highest BCUT2D eigenvalue weighted by Gasteiger charge is 2.05. The van der Waals surface area contributed by atoms with E-state index in [9.17, 15) is 0 Å². The maximum Gasteiger partial charge on any atom is 0.142 e. The summed E-state index contributed by atoms with van der Waals surface area (Å²) >= 11 is 3.37. The van der Waals surface area contributed by atoms with Gasteiger partial charge in [0.15, 0.2) is 0 Å². The lowest BCUT2D eigenvalue weighted by Crippen LogP contribution is -2.32. The molecule has 0 aliphatic carbocycles. The van der Waals surface area contributed by atoms with Crippen molar-refractivity contribution in [3.05, 3.63) is 22.7 Å². The number of anilines is 1. The van der Waals surface area contributed by atoms with Crippen LogP contribution in [-0.2, 0) is 0 Å². The molecule has 15 heavy (non-hydrogen) atoms. The number of hydrogen-bond acceptors (Lipinski definition) is 4. The van der Waals surface area contributed by atoms with Crippen LogP contribution in [0.2, 0.25) is 0 Å². The van der Waals surface area contributed by atoms with Gasteiger partial charge in [-0.05, 0) is 18.2 Å². The van der Waals surface area contributed by atoms with Crippen molar-refractivity contribution in [2.45, 2.75) is 6.04 Å². The molecule has 4 nitrogen and oxygen atoms in total. The number of hydrogen-bond donors (Lipinski definition) is 3. The predicted octanol–water partition coefficient (Wildman–Crippen LogP) is 1.19. The van der Waals surface area contributed by atoms with E-state index in [0.29, 0.717) is 6.54 Å². The Labute approximate surface area is 97.6 Å². The fourth-order valence-electron chi connectivity index (χ4n) is 1.12. The number of rotatable bonds is 5. The summed E-state index contributed by atoms with van der Waals surface area (Å²) in [5.41, 5.74) is 6.44. The molecule has 1 aromatic carbocycles. The van der Waals surface area contributed by atoms with E-state index in [2.05, 4.69) is 21.2 Å². The quantitative estimate of drug-likeness (QED) is 0.755. The molecule has 0 spiro atoms. The monoisotopic (exact) mass is 274 g/mol. The molecule has 1 rings (SSSR count). The lowest BCUT2D eigenvalue weighted by Gasteiger charge is -2.14. The highest BCUT2D eigenvalue weighted by Crippen LogP contribution is 2.27. The van der Waals surface area contributed by atoms with Crippen molar-refractivity contribution in [1.29, 1.82) is 0 Å². The largest absolute Gasteiger partial charge is 0.495 e. The fourth-order valence-corrected chi connectivity index (χ4v) is 1.49. The fraction of sp³-hybridized carbons (Fsp3) is 0.400. The summed E-state index contributed by atoms with van der Waals surface area (Å²) in [4.78, 5) is 0. The predicted molar refractivity (Wildman–Crippen MR) is 64.2 cm³/mol. The van der Waals surface area contributed by atoms with E-state index in [-0.39, 0.29) is 12.6 Å². The third kappa shape index (κ3) is 3.70. The van der Waals surface area contributed by atoms with Crippen molar-refractivity contribution < 1.29 is 9.84 Å². The Morgan fingerprint density at radius 2 is 2.33 bits per heavy atom. The van der Waals surface area contributed by atoms with Gasteiger partial charge in [-0.1, -0.05) is 15.9 Å². The number of ether oxygens (including phenoxy) is 1. The summed E-state index contributed by atoms with van der Waals surface area (Å²) in [7, 11) is 1.61. The Kier molecular flexibility index (Phi) is 4.87. The van der Waals surface area contributed by atoms with Gasteiger partial charge in [-0.25, -0.2) is 0 Å². The number of nitrogens with two attached hydrogens (primary N) is 1. The van der Waals surface area contributed by atoms with Crippen molar-refractivity contribution in [1.82, 2.24) is 0 Å². The molecule has 1 aromatic rings.